The number of hydrogen-bond donors (Lipinski definition) is 0. The second-order valence-electron chi connectivity index (χ2n) is 5.03. The lowest BCUT2D eigenvalue weighted by molar-refractivity contribution is -0.143. The Labute approximate surface area is 130 Å². The van der Waals surface area contributed by atoms with Crippen LogP contribution in [-0.4, -0.2) is 18.4 Å². The third kappa shape index (κ3) is 4.55. The molecule has 0 aliphatic heterocycles. The third-order valence-corrected chi connectivity index (χ3v) is 3.40. The van der Waals surface area contributed by atoms with Crippen LogP contribution in [0.5, 0.6) is 0 Å². The number of rotatable bonds is 7. The van der Waals surface area contributed by atoms with Crippen molar-refractivity contribution in [1.29, 1.82) is 0 Å². The number of carbonyl (C=O) groups is 2. The Bertz CT molecular complexity index is 615. The Hall–Kier alpha value is -2.42. The van der Waals surface area contributed by atoms with Crippen molar-refractivity contribution in [3.8, 4) is 11.1 Å². The highest BCUT2D eigenvalue weighted by Crippen LogP contribution is 2.20. The van der Waals surface area contributed by atoms with Gasteiger partial charge < -0.3 is 4.74 Å². The number of hydrogen-bond acceptors (Lipinski definition) is 3. The number of ketones is 1. The molecular weight excluding hydrogens is 276 g/mol. The van der Waals surface area contributed by atoms with Gasteiger partial charge >= 0.3 is 5.97 Å². The fourth-order valence-electron chi connectivity index (χ4n) is 2.25. The quantitative estimate of drug-likeness (QED) is 0.566. The lowest BCUT2D eigenvalue weighted by atomic mass is 10.0. The summed E-state index contributed by atoms with van der Waals surface area (Å²) in [5.41, 5.74) is 2.90. The van der Waals surface area contributed by atoms with Gasteiger partial charge in [0.05, 0.1) is 6.61 Å². The molecule has 0 bridgehead atoms. The molecule has 2 aromatic rings. The summed E-state index contributed by atoms with van der Waals surface area (Å²) in [7, 11) is 0. The van der Waals surface area contributed by atoms with Gasteiger partial charge in [0.1, 0.15) is 0 Å². The van der Waals surface area contributed by atoms with E-state index in [1.807, 2.05) is 54.6 Å². The highest BCUT2D eigenvalue weighted by atomic mass is 16.5. The second-order valence-corrected chi connectivity index (χ2v) is 5.03. The van der Waals surface area contributed by atoms with Crippen LogP contribution in [0.4, 0.5) is 0 Å². The maximum atomic E-state index is 12.1. The van der Waals surface area contributed by atoms with Crippen molar-refractivity contribution in [2.45, 2.75) is 26.2 Å². The number of benzene rings is 2. The average molecular weight is 296 g/mol. The molecule has 0 saturated heterocycles. The van der Waals surface area contributed by atoms with Crippen LogP contribution in [0.15, 0.2) is 54.6 Å². The number of ether oxygens (including phenoxy) is 1. The van der Waals surface area contributed by atoms with Crippen molar-refractivity contribution in [3.05, 3.63) is 60.2 Å². The number of Topliss-reactive ketones (excluding diaryl/α,β-unsaturated/α-hetero) is 1. The minimum Gasteiger partial charge on any atom is -0.466 e. The Kier molecular flexibility index (Phi) is 5.90. The van der Waals surface area contributed by atoms with Crippen molar-refractivity contribution in [3.63, 3.8) is 0 Å². The highest BCUT2D eigenvalue weighted by molar-refractivity contribution is 5.96. The fourth-order valence-corrected chi connectivity index (χ4v) is 2.25. The zero-order valence-corrected chi connectivity index (χ0v) is 12.7. The molecule has 2 rings (SSSR count). The first-order valence-corrected chi connectivity index (χ1v) is 7.55. The van der Waals surface area contributed by atoms with E-state index in [1.54, 1.807) is 6.92 Å². The molecule has 0 spiro atoms. The van der Waals surface area contributed by atoms with E-state index >= 15 is 0 Å². The molecule has 22 heavy (non-hydrogen) atoms. The molecule has 0 aromatic heterocycles. The zero-order valence-electron chi connectivity index (χ0n) is 12.7. The van der Waals surface area contributed by atoms with Crippen molar-refractivity contribution in [1.82, 2.24) is 0 Å². The SMILES string of the molecule is CCOC(=O)CCCC(=O)c1ccc(-c2ccccc2)cc1. The van der Waals surface area contributed by atoms with Gasteiger partial charge in [-0.15, -0.1) is 0 Å². The summed E-state index contributed by atoms with van der Waals surface area (Å²) >= 11 is 0. The summed E-state index contributed by atoms with van der Waals surface area (Å²) in [4.78, 5) is 23.3. The predicted octanol–water partition coefficient (Wildman–Crippen LogP) is 4.27. The molecule has 2 aromatic carbocycles. The van der Waals surface area contributed by atoms with Crippen LogP contribution in [0, 0.1) is 0 Å². The minimum absolute atomic E-state index is 0.0592. The molecule has 3 heteroatoms. The van der Waals surface area contributed by atoms with E-state index < -0.39 is 0 Å². The summed E-state index contributed by atoms with van der Waals surface area (Å²) in [6.07, 6.45) is 1.18. The summed E-state index contributed by atoms with van der Waals surface area (Å²) < 4.78 is 4.84. The van der Waals surface area contributed by atoms with Gasteiger partial charge in [0.15, 0.2) is 5.78 Å². The van der Waals surface area contributed by atoms with E-state index in [2.05, 4.69) is 0 Å². The average Bonchev–Trinajstić information content (AvgIpc) is 2.56. The lowest BCUT2D eigenvalue weighted by Gasteiger charge is -2.04. The highest BCUT2D eigenvalue weighted by Gasteiger charge is 2.08. The van der Waals surface area contributed by atoms with E-state index in [-0.39, 0.29) is 11.8 Å². The number of esters is 1. The molecule has 0 saturated carbocycles. The summed E-state index contributed by atoms with van der Waals surface area (Å²) in [6.45, 7) is 2.16. The summed E-state index contributed by atoms with van der Waals surface area (Å²) in [5.74, 6) is -0.182. The van der Waals surface area contributed by atoms with Gasteiger partial charge in [0, 0.05) is 18.4 Å². The van der Waals surface area contributed by atoms with Crippen LogP contribution in [0.3, 0.4) is 0 Å². The van der Waals surface area contributed by atoms with E-state index in [0.29, 0.717) is 31.4 Å². The predicted molar refractivity (Wildman–Crippen MR) is 86.7 cm³/mol. The normalized spacial score (nSPS) is 10.2. The monoisotopic (exact) mass is 296 g/mol. The van der Waals surface area contributed by atoms with E-state index in [1.165, 1.54) is 0 Å². The van der Waals surface area contributed by atoms with E-state index in [0.717, 1.165) is 11.1 Å². The first-order chi connectivity index (χ1) is 10.7. The van der Waals surface area contributed by atoms with Crippen LogP contribution in [-0.2, 0) is 9.53 Å². The Morgan fingerprint density at radius 2 is 1.50 bits per heavy atom. The van der Waals surface area contributed by atoms with Crippen LogP contribution < -0.4 is 0 Å². The molecule has 0 heterocycles. The van der Waals surface area contributed by atoms with E-state index in [9.17, 15) is 9.59 Å². The fraction of sp³-hybridized carbons (Fsp3) is 0.263. The number of carbonyl (C=O) groups excluding carboxylic acids is 2. The smallest absolute Gasteiger partial charge is 0.305 e. The standard InChI is InChI=1S/C19H20O3/c1-2-22-19(21)10-6-9-18(20)17-13-11-16(12-14-17)15-7-4-3-5-8-15/h3-5,7-8,11-14H,2,6,9-10H2,1H3. The van der Waals surface area contributed by atoms with Crippen molar-refractivity contribution < 1.29 is 14.3 Å². The molecule has 0 radical (unpaired) electrons. The van der Waals surface area contributed by atoms with Gasteiger partial charge in [0.2, 0.25) is 0 Å². The van der Waals surface area contributed by atoms with Gasteiger partial charge in [-0.25, -0.2) is 0 Å². The zero-order chi connectivity index (χ0) is 15.8. The van der Waals surface area contributed by atoms with Gasteiger partial charge in [-0.05, 0) is 24.5 Å². The third-order valence-electron chi connectivity index (χ3n) is 3.40. The molecule has 0 atom stereocenters. The summed E-state index contributed by atoms with van der Waals surface area (Å²) in [5, 5.41) is 0. The Morgan fingerprint density at radius 1 is 0.864 bits per heavy atom. The first-order valence-electron chi connectivity index (χ1n) is 7.55. The maximum Gasteiger partial charge on any atom is 0.305 e. The molecule has 0 aliphatic rings. The second kappa shape index (κ2) is 8.13. The van der Waals surface area contributed by atoms with Crippen LogP contribution in [0.25, 0.3) is 11.1 Å². The van der Waals surface area contributed by atoms with E-state index in [4.69, 9.17) is 4.74 Å². The molecular formula is C19H20O3. The molecule has 0 fully saturated rings. The minimum atomic E-state index is -0.241. The molecule has 114 valence electrons. The molecule has 0 N–H and O–H groups in total. The largest absolute Gasteiger partial charge is 0.466 e. The van der Waals surface area contributed by atoms with Crippen LogP contribution >= 0.6 is 0 Å². The van der Waals surface area contributed by atoms with Crippen molar-refractivity contribution in [2.75, 3.05) is 6.61 Å². The first kappa shape index (κ1) is 16.0. The van der Waals surface area contributed by atoms with Crippen molar-refractivity contribution >= 4 is 11.8 Å². The molecule has 0 aliphatic carbocycles. The van der Waals surface area contributed by atoms with Gasteiger partial charge in [-0.1, -0.05) is 54.6 Å². The van der Waals surface area contributed by atoms with Gasteiger partial charge in [-0.3, -0.25) is 9.59 Å². The van der Waals surface area contributed by atoms with Crippen LogP contribution in [0.1, 0.15) is 36.5 Å². The summed E-state index contributed by atoms with van der Waals surface area (Å²) in [6, 6.07) is 17.6. The lowest BCUT2D eigenvalue weighted by Crippen LogP contribution is -2.05. The van der Waals surface area contributed by atoms with Crippen LogP contribution in [0.2, 0.25) is 0 Å². The molecule has 3 nitrogen and oxygen atoms in total. The maximum absolute atomic E-state index is 12.1. The van der Waals surface area contributed by atoms with Gasteiger partial charge in [0.25, 0.3) is 0 Å². The topological polar surface area (TPSA) is 43.4 Å². The van der Waals surface area contributed by atoms with Crippen molar-refractivity contribution in [2.24, 2.45) is 0 Å². The molecule has 0 amide bonds. The molecule has 0 unspecified atom stereocenters. The Balaban J connectivity index is 1.90. The Morgan fingerprint density at radius 3 is 2.14 bits per heavy atom. The van der Waals surface area contributed by atoms with Gasteiger partial charge in [-0.2, -0.15) is 0 Å².